The maximum absolute atomic E-state index is 10.3. The zero-order valence-corrected chi connectivity index (χ0v) is 12.5. The number of nitrogens with zero attached hydrogens (tertiary/aromatic N) is 1. The summed E-state index contributed by atoms with van der Waals surface area (Å²) in [5.41, 5.74) is 0.130. The molecule has 2 nitrogen and oxygen atoms in total. The van der Waals surface area contributed by atoms with Crippen molar-refractivity contribution in [2.45, 2.75) is 51.4 Å². The number of thioether (sulfide) groups is 1. The van der Waals surface area contributed by atoms with E-state index in [0.29, 0.717) is 10.7 Å². The summed E-state index contributed by atoms with van der Waals surface area (Å²) in [4.78, 5) is 2.56. The summed E-state index contributed by atoms with van der Waals surface area (Å²) in [6.07, 6.45) is 2.25. The van der Waals surface area contributed by atoms with Crippen LogP contribution in [0.25, 0.3) is 0 Å². The molecule has 0 amide bonds. The summed E-state index contributed by atoms with van der Waals surface area (Å²) in [6, 6.07) is 0. The molecule has 1 aliphatic heterocycles. The molecule has 0 spiro atoms. The molecule has 2 aliphatic rings. The van der Waals surface area contributed by atoms with Gasteiger partial charge in [0.25, 0.3) is 0 Å². The van der Waals surface area contributed by atoms with Gasteiger partial charge in [-0.3, -0.25) is 0 Å². The van der Waals surface area contributed by atoms with Gasteiger partial charge in [-0.05, 0) is 38.0 Å². The van der Waals surface area contributed by atoms with Gasteiger partial charge in [-0.2, -0.15) is 11.8 Å². The maximum Gasteiger partial charge on any atom is 0.0631 e. The first-order chi connectivity index (χ1) is 7.80. The zero-order valence-electron chi connectivity index (χ0n) is 11.7. The van der Waals surface area contributed by atoms with Crippen molar-refractivity contribution >= 4 is 11.8 Å². The van der Waals surface area contributed by atoms with E-state index < -0.39 is 0 Å². The van der Waals surface area contributed by atoms with Gasteiger partial charge < -0.3 is 10.0 Å². The minimum Gasteiger partial charge on any atom is -0.392 e. The Morgan fingerprint density at radius 1 is 1.29 bits per heavy atom. The molecule has 1 saturated heterocycles. The molecule has 3 heteroatoms. The first-order valence-corrected chi connectivity index (χ1v) is 7.83. The van der Waals surface area contributed by atoms with E-state index in [1.165, 1.54) is 31.7 Å². The van der Waals surface area contributed by atoms with Crippen LogP contribution in [-0.4, -0.2) is 46.2 Å². The molecule has 1 N–H and O–H groups in total. The number of hydrogen-bond donors (Lipinski definition) is 1. The van der Waals surface area contributed by atoms with E-state index in [1.54, 1.807) is 0 Å². The Morgan fingerprint density at radius 3 is 2.53 bits per heavy atom. The van der Waals surface area contributed by atoms with Crippen molar-refractivity contribution in [2.24, 2.45) is 11.3 Å². The summed E-state index contributed by atoms with van der Waals surface area (Å²) in [5.74, 6) is 1.73. The third-order valence-corrected chi connectivity index (χ3v) is 5.70. The summed E-state index contributed by atoms with van der Waals surface area (Å²) in [5, 5.41) is 10.3. The first kappa shape index (κ1) is 13.7. The predicted octanol–water partition coefficient (Wildman–Crippen LogP) is 2.61. The van der Waals surface area contributed by atoms with Crippen LogP contribution < -0.4 is 0 Å². The van der Waals surface area contributed by atoms with Crippen molar-refractivity contribution in [1.82, 2.24) is 4.90 Å². The SMILES string of the molecule is CC1(C)CN(CC2CCC(C)(C)C2O)CCS1. The van der Waals surface area contributed by atoms with Gasteiger partial charge in [-0.25, -0.2) is 0 Å². The third-order valence-electron chi connectivity index (χ3n) is 4.40. The molecule has 2 rings (SSSR count). The van der Waals surface area contributed by atoms with Crippen LogP contribution in [0.1, 0.15) is 40.5 Å². The third kappa shape index (κ3) is 3.18. The monoisotopic (exact) mass is 257 g/mol. The lowest BCUT2D eigenvalue weighted by atomic mass is 9.87. The molecule has 2 fully saturated rings. The Kier molecular flexibility index (Phi) is 3.82. The van der Waals surface area contributed by atoms with Crippen LogP contribution in [0.4, 0.5) is 0 Å². The molecule has 2 unspecified atom stereocenters. The van der Waals surface area contributed by atoms with Crippen molar-refractivity contribution in [3.05, 3.63) is 0 Å². The minimum absolute atomic E-state index is 0.111. The van der Waals surface area contributed by atoms with Crippen LogP contribution in [0.15, 0.2) is 0 Å². The quantitative estimate of drug-likeness (QED) is 0.822. The average molecular weight is 257 g/mol. The van der Waals surface area contributed by atoms with Crippen molar-refractivity contribution < 1.29 is 5.11 Å². The minimum atomic E-state index is -0.111. The van der Waals surface area contributed by atoms with Crippen LogP contribution in [0.3, 0.4) is 0 Å². The van der Waals surface area contributed by atoms with Gasteiger partial charge in [0.1, 0.15) is 0 Å². The Hall–Kier alpha value is 0.270. The highest BCUT2D eigenvalue weighted by atomic mass is 32.2. The Balaban J connectivity index is 1.90. The zero-order chi connectivity index (χ0) is 12.7. The second kappa shape index (κ2) is 4.75. The van der Waals surface area contributed by atoms with Gasteiger partial charge in [-0.1, -0.05) is 13.8 Å². The molecule has 0 aromatic carbocycles. The summed E-state index contributed by atoms with van der Waals surface area (Å²) >= 11 is 2.08. The lowest BCUT2D eigenvalue weighted by Gasteiger charge is -2.39. The van der Waals surface area contributed by atoms with Crippen molar-refractivity contribution in [1.29, 1.82) is 0 Å². The van der Waals surface area contributed by atoms with Crippen LogP contribution in [0.5, 0.6) is 0 Å². The molecule has 17 heavy (non-hydrogen) atoms. The molecule has 0 aromatic rings. The largest absolute Gasteiger partial charge is 0.392 e. The molecule has 0 radical (unpaired) electrons. The Morgan fingerprint density at radius 2 is 2.00 bits per heavy atom. The van der Waals surface area contributed by atoms with E-state index in [1.807, 2.05) is 0 Å². The normalized spacial score (nSPS) is 37.2. The second-order valence-corrected chi connectivity index (χ2v) is 8.88. The van der Waals surface area contributed by atoms with Crippen LogP contribution in [0.2, 0.25) is 0 Å². The van der Waals surface area contributed by atoms with Crippen molar-refractivity contribution in [3.8, 4) is 0 Å². The number of hydrogen-bond acceptors (Lipinski definition) is 3. The number of rotatable bonds is 2. The number of aliphatic hydroxyl groups excluding tert-OH is 1. The fourth-order valence-corrected chi connectivity index (χ4v) is 4.47. The molecular formula is C14H27NOS. The molecule has 2 atom stereocenters. The standard InChI is InChI=1S/C14H27NOS/c1-13(2)6-5-11(12(13)16)9-15-7-8-17-14(3,4)10-15/h11-12,16H,5-10H2,1-4H3. The average Bonchev–Trinajstić information content (AvgIpc) is 2.44. The smallest absolute Gasteiger partial charge is 0.0631 e. The van der Waals surface area contributed by atoms with Crippen LogP contribution >= 0.6 is 11.8 Å². The fourth-order valence-electron chi connectivity index (χ4n) is 3.29. The highest BCUT2D eigenvalue weighted by Crippen LogP contribution is 2.42. The molecule has 1 saturated carbocycles. The summed E-state index contributed by atoms with van der Waals surface area (Å²) in [7, 11) is 0. The van der Waals surface area contributed by atoms with Crippen molar-refractivity contribution in [3.63, 3.8) is 0 Å². The van der Waals surface area contributed by atoms with Crippen molar-refractivity contribution in [2.75, 3.05) is 25.4 Å². The lowest BCUT2D eigenvalue weighted by molar-refractivity contribution is 0.0321. The molecule has 1 aliphatic carbocycles. The molecule has 0 aromatic heterocycles. The predicted molar refractivity (Wildman–Crippen MR) is 75.5 cm³/mol. The molecule has 1 heterocycles. The first-order valence-electron chi connectivity index (χ1n) is 6.85. The van der Waals surface area contributed by atoms with Gasteiger partial charge in [-0.15, -0.1) is 0 Å². The Bertz CT molecular complexity index is 277. The fraction of sp³-hybridized carbons (Fsp3) is 1.00. The molecular weight excluding hydrogens is 230 g/mol. The highest BCUT2D eigenvalue weighted by molar-refractivity contribution is 8.00. The van der Waals surface area contributed by atoms with E-state index in [2.05, 4.69) is 44.4 Å². The van der Waals surface area contributed by atoms with E-state index in [-0.39, 0.29) is 11.5 Å². The second-order valence-electron chi connectivity index (χ2n) is 7.08. The molecule has 100 valence electrons. The van der Waals surface area contributed by atoms with Gasteiger partial charge in [0.15, 0.2) is 0 Å². The summed E-state index contributed by atoms with van der Waals surface area (Å²) in [6.45, 7) is 12.5. The van der Waals surface area contributed by atoms with Gasteiger partial charge in [0.2, 0.25) is 0 Å². The Labute approximate surface area is 110 Å². The van der Waals surface area contributed by atoms with E-state index in [0.717, 1.165) is 6.54 Å². The topological polar surface area (TPSA) is 23.5 Å². The van der Waals surface area contributed by atoms with Gasteiger partial charge in [0, 0.05) is 30.1 Å². The van der Waals surface area contributed by atoms with E-state index in [9.17, 15) is 5.11 Å². The summed E-state index contributed by atoms with van der Waals surface area (Å²) < 4.78 is 0.386. The van der Waals surface area contributed by atoms with E-state index >= 15 is 0 Å². The van der Waals surface area contributed by atoms with Gasteiger partial charge in [0.05, 0.1) is 6.10 Å². The van der Waals surface area contributed by atoms with E-state index in [4.69, 9.17) is 0 Å². The van der Waals surface area contributed by atoms with Crippen LogP contribution in [0, 0.1) is 11.3 Å². The highest BCUT2D eigenvalue weighted by Gasteiger charge is 2.41. The number of aliphatic hydroxyl groups is 1. The maximum atomic E-state index is 10.3. The molecule has 0 bridgehead atoms. The lowest BCUT2D eigenvalue weighted by Crippen LogP contribution is -2.46. The van der Waals surface area contributed by atoms with Gasteiger partial charge >= 0.3 is 0 Å². The van der Waals surface area contributed by atoms with Crippen LogP contribution in [-0.2, 0) is 0 Å².